The third-order valence-corrected chi connectivity index (χ3v) is 3.05. The van der Waals surface area contributed by atoms with Gasteiger partial charge in [-0.3, -0.25) is 9.59 Å². The molecule has 18 heavy (non-hydrogen) atoms. The van der Waals surface area contributed by atoms with Crippen LogP contribution in [0.3, 0.4) is 0 Å². The largest absolute Gasteiger partial charge is 0.467 e. The minimum Gasteiger partial charge on any atom is -0.467 e. The minimum absolute atomic E-state index is 0.236. The maximum Gasteiger partial charge on any atom is 0.328 e. The Morgan fingerprint density at radius 2 is 2.00 bits per heavy atom. The summed E-state index contributed by atoms with van der Waals surface area (Å²) in [6.07, 6.45) is 2.38. The van der Waals surface area contributed by atoms with Crippen LogP contribution in [0.15, 0.2) is 0 Å². The van der Waals surface area contributed by atoms with Gasteiger partial charge in [-0.2, -0.15) is 0 Å². The fourth-order valence-corrected chi connectivity index (χ4v) is 2.19. The summed E-state index contributed by atoms with van der Waals surface area (Å²) in [6.45, 7) is 3.51. The van der Waals surface area contributed by atoms with Crippen LogP contribution in [0.4, 0.5) is 0 Å². The maximum atomic E-state index is 12.2. The normalized spacial score (nSPS) is 21.1. The van der Waals surface area contributed by atoms with Crippen molar-refractivity contribution in [3.8, 4) is 0 Å². The number of esters is 1. The Kier molecular flexibility index (Phi) is 5.12. The number of hydrogen-bond donors (Lipinski definition) is 1. The Morgan fingerprint density at radius 3 is 2.56 bits per heavy atom. The molecule has 1 fully saturated rings. The van der Waals surface area contributed by atoms with E-state index in [2.05, 4.69) is 5.32 Å². The predicted octanol–water partition coefficient (Wildman–Crippen LogP) is 0.0651. The molecule has 0 aromatic heterocycles. The van der Waals surface area contributed by atoms with Crippen molar-refractivity contribution in [3.63, 3.8) is 0 Å². The van der Waals surface area contributed by atoms with Gasteiger partial charge in [-0.05, 0) is 26.2 Å². The molecule has 0 radical (unpaired) electrons. The number of likely N-dealkylation sites (tertiary alicyclic amines) is 1. The maximum absolute atomic E-state index is 12.2. The Balaban J connectivity index is 2.73. The lowest BCUT2D eigenvalue weighted by Gasteiger charge is -2.35. The molecule has 1 saturated heterocycles. The van der Waals surface area contributed by atoms with Gasteiger partial charge >= 0.3 is 5.97 Å². The zero-order valence-electron chi connectivity index (χ0n) is 11.1. The molecule has 0 spiro atoms. The van der Waals surface area contributed by atoms with Gasteiger partial charge in [0.25, 0.3) is 0 Å². The highest BCUT2D eigenvalue weighted by atomic mass is 16.5. The third-order valence-electron chi connectivity index (χ3n) is 3.05. The first-order valence-electron chi connectivity index (χ1n) is 6.12. The SMILES string of the molecule is COC(=O)[C@H]1CCCCN1C(=O)C(C)NC(C)=O. The van der Waals surface area contributed by atoms with Gasteiger partial charge in [0.05, 0.1) is 7.11 Å². The van der Waals surface area contributed by atoms with Gasteiger partial charge in [0.1, 0.15) is 12.1 Å². The first kappa shape index (κ1) is 14.5. The van der Waals surface area contributed by atoms with Gasteiger partial charge in [0.2, 0.25) is 11.8 Å². The molecule has 2 atom stereocenters. The summed E-state index contributed by atoms with van der Waals surface area (Å²) in [7, 11) is 1.32. The minimum atomic E-state index is -0.618. The average Bonchev–Trinajstić information content (AvgIpc) is 2.36. The topological polar surface area (TPSA) is 75.7 Å². The monoisotopic (exact) mass is 256 g/mol. The second-order valence-electron chi connectivity index (χ2n) is 4.49. The van der Waals surface area contributed by atoms with E-state index >= 15 is 0 Å². The van der Waals surface area contributed by atoms with Crippen molar-refractivity contribution in [1.82, 2.24) is 10.2 Å². The number of methoxy groups -OCH3 is 1. The number of carbonyl (C=O) groups is 3. The standard InChI is InChI=1S/C12H20N2O4/c1-8(13-9(2)15)11(16)14-7-5-4-6-10(14)12(17)18-3/h8,10H,4-7H2,1-3H3,(H,13,15)/t8?,10-/m1/s1. The summed E-state index contributed by atoms with van der Waals surface area (Å²) in [4.78, 5) is 36.2. The quantitative estimate of drug-likeness (QED) is 0.725. The number of carbonyl (C=O) groups excluding carboxylic acids is 3. The van der Waals surface area contributed by atoms with Crippen LogP contribution < -0.4 is 5.32 Å². The molecule has 2 amide bonds. The van der Waals surface area contributed by atoms with Crippen molar-refractivity contribution in [1.29, 1.82) is 0 Å². The Morgan fingerprint density at radius 1 is 1.33 bits per heavy atom. The molecule has 1 aliphatic rings. The molecule has 1 heterocycles. The van der Waals surface area contributed by atoms with Crippen LogP contribution in [-0.4, -0.2) is 48.4 Å². The lowest BCUT2D eigenvalue weighted by Crippen LogP contribution is -2.54. The van der Waals surface area contributed by atoms with Crippen LogP contribution in [0, 0.1) is 0 Å². The van der Waals surface area contributed by atoms with Gasteiger partial charge in [-0.15, -0.1) is 0 Å². The van der Waals surface area contributed by atoms with Gasteiger partial charge in [-0.25, -0.2) is 4.79 Å². The fourth-order valence-electron chi connectivity index (χ4n) is 2.19. The highest BCUT2D eigenvalue weighted by Crippen LogP contribution is 2.19. The smallest absolute Gasteiger partial charge is 0.328 e. The lowest BCUT2D eigenvalue weighted by atomic mass is 10.0. The van der Waals surface area contributed by atoms with Crippen LogP contribution in [0.25, 0.3) is 0 Å². The second kappa shape index (κ2) is 6.37. The molecule has 0 aromatic rings. The fraction of sp³-hybridized carbons (Fsp3) is 0.750. The molecule has 0 bridgehead atoms. The molecule has 0 aliphatic carbocycles. The second-order valence-corrected chi connectivity index (χ2v) is 4.49. The summed E-state index contributed by atoms with van der Waals surface area (Å²) in [5.74, 6) is -0.888. The number of nitrogens with one attached hydrogen (secondary N) is 1. The van der Waals surface area contributed by atoms with E-state index in [-0.39, 0.29) is 11.8 Å². The van der Waals surface area contributed by atoms with E-state index in [1.165, 1.54) is 18.9 Å². The summed E-state index contributed by atoms with van der Waals surface area (Å²) < 4.78 is 4.71. The number of nitrogens with zero attached hydrogens (tertiary/aromatic N) is 1. The van der Waals surface area contributed by atoms with Crippen molar-refractivity contribution in [2.24, 2.45) is 0 Å². The van der Waals surface area contributed by atoms with Crippen LogP contribution >= 0.6 is 0 Å². The summed E-state index contributed by atoms with van der Waals surface area (Å²) in [5, 5.41) is 2.54. The first-order valence-corrected chi connectivity index (χ1v) is 6.12. The lowest BCUT2D eigenvalue weighted by molar-refractivity contribution is -0.155. The van der Waals surface area contributed by atoms with Crippen molar-refractivity contribution < 1.29 is 19.1 Å². The van der Waals surface area contributed by atoms with E-state index in [4.69, 9.17) is 4.74 Å². The number of rotatable bonds is 3. The van der Waals surface area contributed by atoms with E-state index in [0.29, 0.717) is 13.0 Å². The summed E-state index contributed by atoms with van der Waals surface area (Å²) in [6, 6.07) is -1.14. The van der Waals surface area contributed by atoms with Crippen molar-refractivity contribution >= 4 is 17.8 Å². The zero-order chi connectivity index (χ0) is 13.7. The van der Waals surface area contributed by atoms with E-state index in [1.807, 2.05) is 0 Å². The molecule has 6 nitrogen and oxygen atoms in total. The highest BCUT2D eigenvalue weighted by Gasteiger charge is 2.34. The Labute approximate surface area is 107 Å². The molecule has 1 unspecified atom stereocenters. The molecular weight excluding hydrogens is 236 g/mol. The van der Waals surface area contributed by atoms with E-state index < -0.39 is 18.1 Å². The Hall–Kier alpha value is -1.59. The van der Waals surface area contributed by atoms with Crippen molar-refractivity contribution in [2.75, 3.05) is 13.7 Å². The summed E-state index contributed by atoms with van der Waals surface area (Å²) >= 11 is 0. The molecule has 1 aliphatic heterocycles. The van der Waals surface area contributed by atoms with Crippen LogP contribution in [0.1, 0.15) is 33.1 Å². The third kappa shape index (κ3) is 3.45. The molecule has 102 valence electrons. The van der Waals surface area contributed by atoms with Crippen LogP contribution in [-0.2, 0) is 19.1 Å². The van der Waals surface area contributed by atoms with Gasteiger partial charge in [-0.1, -0.05) is 0 Å². The number of amides is 2. The molecule has 0 saturated carbocycles. The highest BCUT2D eigenvalue weighted by molar-refractivity contribution is 5.90. The van der Waals surface area contributed by atoms with Crippen molar-refractivity contribution in [2.45, 2.75) is 45.2 Å². The number of ether oxygens (including phenoxy) is 1. The first-order chi connectivity index (χ1) is 8.47. The molecule has 6 heteroatoms. The van der Waals surface area contributed by atoms with Crippen LogP contribution in [0.2, 0.25) is 0 Å². The molecule has 1 rings (SSSR count). The molecular formula is C12H20N2O4. The zero-order valence-corrected chi connectivity index (χ0v) is 11.1. The average molecular weight is 256 g/mol. The van der Waals surface area contributed by atoms with Crippen molar-refractivity contribution in [3.05, 3.63) is 0 Å². The number of piperidine rings is 1. The van der Waals surface area contributed by atoms with Gasteiger partial charge in [0, 0.05) is 13.5 Å². The summed E-state index contributed by atoms with van der Waals surface area (Å²) in [5.41, 5.74) is 0. The number of hydrogen-bond acceptors (Lipinski definition) is 4. The molecule has 0 aromatic carbocycles. The van der Waals surface area contributed by atoms with Crippen LogP contribution in [0.5, 0.6) is 0 Å². The van der Waals surface area contributed by atoms with Gasteiger partial charge in [0.15, 0.2) is 0 Å². The van der Waals surface area contributed by atoms with E-state index in [9.17, 15) is 14.4 Å². The van der Waals surface area contributed by atoms with E-state index in [0.717, 1.165) is 12.8 Å². The van der Waals surface area contributed by atoms with Gasteiger partial charge < -0.3 is 15.0 Å². The Bertz CT molecular complexity index is 343. The predicted molar refractivity (Wildman–Crippen MR) is 64.6 cm³/mol. The van der Waals surface area contributed by atoms with E-state index in [1.54, 1.807) is 6.92 Å². The molecule has 1 N–H and O–H groups in total.